The van der Waals surface area contributed by atoms with Gasteiger partial charge in [0.15, 0.2) is 0 Å². The van der Waals surface area contributed by atoms with Gasteiger partial charge in [0.25, 0.3) is 0 Å². The summed E-state index contributed by atoms with van der Waals surface area (Å²) < 4.78 is 19.0. The van der Waals surface area contributed by atoms with Crippen molar-refractivity contribution in [3.8, 4) is 0 Å². The maximum atomic E-state index is 13.8. The Balaban J connectivity index is 1.79. The molecule has 2 aliphatic heterocycles. The van der Waals surface area contributed by atoms with E-state index in [1.807, 2.05) is 0 Å². The molecule has 0 amide bonds. The summed E-state index contributed by atoms with van der Waals surface area (Å²) in [5.74, 6) is 0. The number of alkyl halides is 1. The maximum absolute atomic E-state index is 13.8. The lowest BCUT2D eigenvalue weighted by molar-refractivity contribution is -0.0821. The predicted molar refractivity (Wildman–Crippen MR) is 57.8 cm³/mol. The number of piperidine rings is 1. The van der Waals surface area contributed by atoms with Crippen LogP contribution in [-0.2, 0) is 4.74 Å². The van der Waals surface area contributed by atoms with Crippen LogP contribution in [0.25, 0.3) is 0 Å². The molecular formula is C11H21FN2O. The zero-order valence-electron chi connectivity index (χ0n) is 9.58. The van der Waals surface area contributed by atoms with Gasteiger partial charge in [-0.1, -0.05) is 13.8 Å². The molecule has 4 heteroatoms. The van der Waals surface area contributed by atoms with E-state index < -0.39 is 6.17 Å². The lowest BCUT2D eigenvalue weighted by atomic mass is 10.00. The van der Waals surface area contributed by atoms with Gasteiger partial charge in [-0.25, -0.2) is 4.39 Å². The van der Waals surface area contributed by atoms with Crippen LogP contribution in [0.5, 0.6) is 0 Å². The Bertz CT molecular complexity index is 209. The van der Waals surface area contributed by atoms with Crippen molar-refractivity contribution in [2.45, 2.75) is 44.6 Å². The van der Waals surface area contributed by atoms with Crippen LogP contribution in [-0.4, -0.2) is 55.5 Å². The number of likely N-dealkylation sites (tertiary alicyclic amines) is 1. The SMILES string of the molecule is CC(C)N[C@H]1CCN(C2COC2)C[C@H]1F. The van der Waals surface area contributed by atoms with Gasteiger partial charge in [-0.15, -0.1) is 0 Å². The first-order valence-electron chi connectivity index (χ1n) is 5.88. The highest BCUT2D eigenvalue weighted by Crippen LogP contribution is 2.20. The van der Waals surface area contributed by atoms with Gasteiger partial charge in [-0.3, -0.25) is 4.90 Å². The van der Waals surface area contributed by atoms with Crippen molar-refractivity contribution in [1.82, 2.24) is 10.2 Å². The van der Waals surface area contributed by atoms with Crippen LogP contribution in [0.4, 0.5) is 4.39 Å². The molecule has 1 N–H and O–H groups in total. The van der Waals surface area contributed by atoms with E-state index in [9.17, 15) is 4.39 Å². The van der Waals surface area contributed by atoms with Crippen molar-refractivity contribution in [2.24, 2.45) is 0 Å². The Morgan fingerprint density at radius 3 is 2.60 bits per heavy atom. The quantitative estimate of drug-likeness (QED) is 0.755. The van der Waals surface area contributed by atoms with Gasteiger partial charge >= 0.3 is 0 Å². The maximum Gasteiger partial charge on any atom is 0.128 e. The van der Waals surface area contributed by atoms with Gasteiger partial charge in [0.2, 0.25) is 0 Å². The van der Waals surface area contributed by atoms with Crippen molar-refractivity contribution in [3.63, 3.8) is 0 Å². The van der Waals surface area contributed by atoms with Crippen LogP contribution in [0.3, 0.4) is 0 Å². The molecule has 0 aromatic heterocycles. The molecule has 2 atom stereocenters. The molecule has 0 bridgehead atoms. The summed E-state index contributed by atoms with van der Waals surface area (Å²) in [6.07, 6.45) is 0.178. The van der Waals surface area contributed by atoms with Crippen LogP contribution in [0, 0.1) is 0 Å². The minimum absolute atomic E-state index is 0.0437. The zero-order chi connectivity index (χ0) is 10.8. The van der Waals surface area contributed by atoms with Gasteiger partial charge in [-0.05, 0) is 6.42 Å². The molecule has 0 saturated carbocycles. The first-order valence-corrected chi connectivity index (χ1v) is 5.88. The third kappa shape index (κ3) is 2.68. The Kier molecular flexibility index (Phi) is 3.59. The summed E-state index contributed by atoms with van der Waals surface area (Å²) in [7, 11) is 0. The summed E-state index contributed by atoms with van der Waals surface area (Å²) >= 11 is 0. The fourth-order valence-electron chi connectivity index (χ4n) is 2.31. The highest BCUT2D eigenvalue weighted by molar-refractivity contribution is 4.90. The average Bonchev–Trinajstić information content (AvgIpc) is 2.06. The Morgan fingerprint density at radius 1 is 1.40 bits per heavy atom. The number of halogens is 1. The molecule has 2 rings (SSSR count). The fourth-order valence-corrected chi connectivity index (χ4v) is 2.31. The zero-order valence-corrected chi connectivity index (χ0v) is 9.58. The van der Waals surface area contributed by atoms with E-state index in [1.54, 1.807) is 0 Å². The molecule has 15 heavy (non-hydrogen) atoms. The third-order valence-electron chi connectivity index (χ3n) is 3.26. The van der Waals surface area contributed by atoms with E-state index in [1.165, 1.54) is 0 Å². The fraction of sp³-hybridized carbons (Fsp3) is 1.00. The van der Waals surface area contributed by atoms with E-state index in [4.69, 9.17) is 4.74 Å². The van der Waals surface area contributed by atoms with Crippen LogP contribution in [0.15, 0.2) is 0 Å². The summed E-state index contributed by atoms with van der Waals surface area (Å²) in [5, 5.41) is 3.29. The monoisotopic (exact) mass is 216 g/mol. The number of nitrogens with one attached hydrogen (secondary N) is 1. The summed E-state index contributed by atoms with van der Waals surface area (Å²) in [4.78, 5) is 2.23. The first kappa shape index (κ1) is 11.3. The molecular weight excluding hydrogens is 195 g/mol. The Labute approximate surface area is 91.0 Å². The normalized spacial score (nSPS) is 34.4. The van der Waals surface area contributed by atoms with Gasteiger partial charge in [0, 0.05) is 25.2 Å². The molecule has 3 nitrogen and oxygen atoms in total. The Hall–Kier alpha value is -0.190. The molecule has 0 aromatic rings. The summed E-state index contributed by atoms with van der Waals surface area (Å²) in [6, 6.07) is 0.886. The van der Waals surface area contributed by atoms with E-state index in [-0.39, 0.29) is 6.04 Å². The molecule has 2 fully saturated rings. The lowest BCUT2D eigenvalue weighted by Crippen LogP contribution is -2.58. The standard InChI is InChI=1S/C11H21FN2O/c1-8(2)13-11-3-4-14(5-10(11)12)9-6-15-7-9/h8-11,13H,3-7H2,1-2H3/t10-,11+/m1/s1. The molecule has 88 valence electrons. The van der Waals surface area contributed by atoms with E-state index in [2.05, 4.69) is 24.1 Å². The minimum Gasteiger partial charge on any atom is -0.378 e. The van der Waals surface area contributed by atoms with Crippen molar-refractivity contribution in [2.75, 3.05) is 26.3 Å². The van der Waals surface area contributed by atoms with Crippen LogP contribution >= 0.6 is 0 Å². The van der Waals surface area contributed by atoms with E-state index in [0.717, 1.165) is 26.2 Å². The number of nitrogens with zero attached hydrogens (tertiary/aromatic N) is 1. The first-order chi connectivity index (χ1) is 7.16. The van der Waals surface area contributed by atoms with Crippen LogP contribution in [0.1, 0.15) is 20.3 Å². The second kappa shape index (κ2) is 4.76. The second-order valence-corrected chi connectivity index (χ2v) is 4.92. The number of hydrogen-bond donors (Lipinski definition) is 1. The third-order valence-corrected chi connectivity index (χ3v) is 3.26. The largest absolute Gasteiger partial charge is 0.378 e. The van der Waals surface area contributed by atoms with Crippen LogP contribution in [0.2, 0.25) is 0 Å². The van der Waals surface area contributed by atoms with Gasteiger partial charge in [0.1, 0.15) is 6.17 Å². The Morgan fingerprint density at radius 2 is 2.13 bits per heavy atom. The van der Waals surface area contributed by atoms with E-state index >= 15 is 0 Å². The lowest BCUT2D eigenvalue weighted by Gasteiger charge is -2.43. The minimum atomic E-state index is -0.734. The average molecular weight is 216 g/mol. The van der Waals surface area contributed by atoms with Crippen molar-refractivity contribution in [1.29, 1.82) is 0 Å². The highest BCUT2D eigenvalue weighted by atomic mass is 19.1. The van der Waals surface area contributed by atoms with Crippen molar-refractivity contribution >= 4 is 0 Å². The molecule has 2 saturated heterocycles. The molecule has 0 aromatic carbocycles. The number of hydrogen-bond acceptors (Lipinski definition) is 3. The van der Waals surface area contributed by atoms with Crippen LogP contribution < -0.4 is 5.32 Å². The smallest absolute Gasteiger partial charge is 0.128 e. The predicted octanol–water partition coefficient (Wildman–Crippen LogP) is 0.796. The molecule has 0 spiro atoms. The van der Waals surface area contributed by atoms with Gasteiger partial charge in [-0.2, -0.15) is 0 Å². The molecule has 2 heterocycles. The molecule has 0 aliphatic carbocycles. The number of rotatable bonds is 3. The van der Waals surface area contributed by atoms with Gasteiger partial charge < -0.3 is 10.1 Å². The summed E-state index contributed by atoms with van der Waals surface area (Å²) in [6.45, 7) is 7.28. The van der Waals surface area contributed by atoms with Crippen molar-refractivity contribution in [3.05, 3.63) is 0 Å². The highest BCUT2D eigenvalue weighted by Gasteiger charge is 2.35. The number of ether oxygens (including phenoxy) is 1. The van der Waals surface area contributed by atoms with Gasteiger partial charge in [0.05, 0.1) is 19.3 Å². The molecule has 0 unspecified atom stereocenters. The molecule has 2 aliphatic rings. The van der Waals surface area contributed by atoms with Crippen molar-refractivity contribution < 1.29 is 9.13 Å². The second-order valence-electron chi connectivity index (χ2n) is 4.92. The molecule has 0 radical (unpaired) electrons. The summed E-state index contributed by atoms with van der Waals surface area (Å²) in [5.41, 5.74) is 0. The topological polar surface area (TPSA) is 24.5 Å². The van der Waals surface area contributed by atoms with E-state index in [0.29, 0.717) is 18.6 Å².